The Morgan fingerprint density at radius 1 is 0.562 bits per heavy atom. The molecule has 2 N–H and O–H groups in total. The molecule has 0 unspecified atom stereocenters. The van der Waals surface area contributed by atoms with Gasteiger partial charge in [0, 0.05) is 11.0 Å². The maximum absolute atomic E-state index is 4.98. The molecule has 2 aliphatic heterocycles. The van der Waals surface area contributed by atoms with Gasteiger partial charge in [-0.15, -0.1) is 0 Å². The number of fused-ring (bicyclic) bond motifs is 10. The maximum atomic E-state index is 4.98. The van der Waals surface area contributed by atoms with Crippen LogP contribution in [0.25, 0.3) is 45.4 Å². The lowest BCUT2D eigenvalue weighted by Crippen LogP contribution is -1.80. The van der Waals surface area contributed by atoms with Gasteiger partial charge in [0.2, 0.25) is 0 Å². The molecule has 8 bridgehead atoms. The fourth-order valence-corrected chi connectivity index (χ4v) is 4.59. The minimum atomic E-state index is 0.955. The van der Waals surface area contributed by atoms with E-state index in [2.05, 4.69) is 86.2 Å². The molecule has 3 aromatic heterocycles. The zero-order valence-electron chi connectivity index (χ0n) is 19.3. The van der Waals surface area contributed by atoms with E-state index in [4.69, 9.17) is 9.97 Å². The van der Waals surface area contributed by atoms with Crippen LogP contribution in [0.4, 0.5) is 0 Å². The fourth-order valence-electron chi connectivity index (χ4n) is 4.59. The van der Waals surface area contributed by atoms with E-state index in [1.165, 1.54) is 22.3 Å². The summed E-state index contributed by atoms with van der Waals surface area (Å²) < 4.78 is 0. The summed E-state index contributed by atoms with van der Waals surface area (Å²) in [4.78, 5) is 17.2. The molecule has 32 heavy (non-hydrogen) atoms. The molecule has 0 saturated carbocycles. The third-order valence-corrected chi connectivity index (χ3v) is 6.52. The summed E-state index contributed by atoms with van der Waals surface area (Å²) in [6.45, 7) is 8.77. The number of allylic oxidation sites excluding steroid dienone is 2. The van der Waals surface area contributed by atoms with Crippen molar-refractivity contribution < 1.29 is 0 Å². The number of rotatable bonds is 4. The van der Waals surface area contributed by atoms with Crippen LogP contribution < -0.4 is 0 Å². The lowest BCUT2D eigenvalue weighted by molar-refractivity contribution is 1.16. The van der Waals surface area contributed by atoms with Crippen molar-refractivity contribution in [3.8, 4) is 0 Å². The predicted octanol–water partition coefficient (Wildman–Crippen LogP) is 7.34. The molecule has 4 nitrogen and oxygen atoms in total. The highest BCUT2D eigenvalue weighted by Crippen LogP contribution is 2.29. The minimum absolute atomic E-state index is 0.955. The van der Waals surface area contributed by atoms with E-state index in [-0.39, 0.29) is 0 Å². The zero-order chi connectivity index (χ0) is 22.2. The Kier molecular flexibility index (Phi) is 5.30. The minimum Gasteiger partial charge on any atom is -0.354 e. The summed E-state index contributed by atoms with van der Waals surface area (Å²) in [5.74, 6) is 0. The monoisotopic (exact) mass is 422 g/mol. The first-order chi connectivity index (χ1) is 15.6. The molecular weight excluding hydrogens is 392 g/mol. The molecule has 3 aromatic rings. The first kappa shape index (κ1) is 20.5. The van der Waals surface area contributed by atoms with Gasteiger partial charge in [-0.2, -0.15) is 0 Å². The highest BCUT2D eigenvalue weighted by atomic mass is 14.8. The molecule has 0 fully saturated rings. The molecule has 0 aromatic carbocycles. The summed E-state index contributed by atoms with van der Waals surface area (Å²) in [5.41, 5.74) is 13.6. The number of H-pyrrole nitrogens is 2. The van der Waals surface area contributed by atoms with Crippen molar-refractivity contribution in [1.82, 2.24) is 19.9 Å². The van der Waals surface area contributed by atoms with Crippen LogP contribution in [-0.4, -0.2) is 19.9 Å². The van der Waals surface area contributed by atoms with Crippen LogP contribution in [0, 0.1) is 0 Å². The van der Waals surface area contributed by atoms with E-state index in [1.54, 1.807) is 0 Å². The Balaban J connectivity index is 1.89. The van der Waals surface area contributed by atoms with Gasteiger partial charge in [0.05, 0.1) is 33.8 Å². The molecule has 0 spiro atoms. The molecule has 2 aliphatic rings. The van der Waals surface area contributed by atoms with Gasteiger partial charge in [-0.3, -0.25) is 0 Å². The van der Waals surface area contributed by atoms with Crippen LogP contribution in [0.3, 0.4) is 0 Å². The lowest BCUT2D eigenvalue weighted by Gasteiger charge is -1.94. The number of hydrogen-bond acceptors (Lipinski definition) is 2. The Bertz CT molecular complexity index is 1300. The van der Waals surface area contributed by atoms with E-state index in [0.717, 1.165) is 70.5 Å². The largest absolute Gasteiger partial charge is 0.354 e. The molecular formula is C28H30N4. The number of aryl methyl sites for hydroxylation is 2. The molecule has 0 aliphatic carbocycles. The van der Waals surface area contributed by atoms with Crippen LogP contribution in [0.2, 0.25) is 0 Å². The fraction of sp³-hybridized carbons (Fsp3) is 0.286. The van der Waals surface area contributed by atoms with Gasteiger partial charge in [0.25, 0.3) is 0 Å². The summed E-state index contributed by atoms with van der Waals surface area (Å²) in [6.07, 6.45) is 8.29. The van der Waals surface area contributed by atoms with Crippen LogP contribution in [-0.2, 0) is 12.8 Å². The van der Waals surface area contributed by atoms with Crippen molar-refractivity contribution in [2.75, 3.05) is 0 Å². The Labute approximate surface area is 189 Å². The summed E-state index contributed by atoms with van der Waals surface area (Å²) >= 11 is 0. The number of aromatic nitrogens is 4. The average Bonchev–Trinajstić information content (AvgIpc) is 3.58. The van der Waals surface area contributed by atoms with Gasteiger partial charge in [-0.25, -0.2) is 9.97 Å². The number of aromatic amines is 2. The van der Waals surface area contributed by atoms with Crippen molar-refractivity contribution in [1.29, 1.82) is 0 Å². The summed E-state index contributed by atoms with van der Waals surface area (Å²) in [6, 6.07) is 13.1. The van der Waals surface area contributed by atoms with E-state index in [1.807, 2.05) is 0 Å². The third kappa shape index (κ3) is 3.50. The second-order valence-electron chi connectivity index (χ2n) is 8.43. The lowest BCUT2D eigenvalue weighted by atomic mass is 10.1. The van der Waals surface area contributed by atoms with E-state index >= 15 is 0 Å². The van der Waals surface area contributed by atoms with Gasteiger partial charge >= 0.3 is 0 Å². The molecule has 4 heteroatoms. The normalized spacial score (nSPS) is 13.2. The highest BCUT2D eigenvalue weighted by molar-refractivity contribution is 5.90. The van der Waals surface area contributed by atoms with Crippen LogP contribution >= 0.6 is 0 Å². The van der Waals surface area contributed by atoms with Gasteiger partial charge in [-0.1, -0.05) is 27.7 Å². The van der Waals surface area contributed by atoms with E-state index < -0.39 is 0 Å². The Hall–Kier alpha value is -3.40. The Morgan fingerprint density at radius 3 is 1.38 bits per heavy atom. The molecule has 5 rings (SSSR count). The molecule has 0 saturated heterocycles. The molecule has 0 radical (unpaired) electrons. The molecule has 0 atom stereocenters. The average molecular weight is 423 g/mol. The molecule has 162 valence electrons. The SMILES string of the molecule is CCC1=Cc2nc1ccc1[nH]c(cc1CC)c1nc(ccc3[nH]c2cc3CC)C(CC)=C1. The molecule has 5 heterocycles. The maximum Gasteiger partial charge on any atom is 0.0875 e. The Morgan fingerprint density at radius 2 is 1.00 bits per heavy atom. The summed E-state index contributed by atoms with van der Waals surface area (Å²) in [7, 11) is 0. The second kappa shape index (κ2) is 8.27. The van der Waals surface area contributed by atoms with E-state index in [0.29, 0.717) is 0 Å². The first-order valence-corrected chi connectivity index (χ1v) is 11.8. The first-order valence-electron chi connectivity index (χ1n) is 11.8. The zero-order valence-corrected chi connectivity index (χ0v) is 19.3. The van der Waals surface area contributed by atoms with Crippen molar-refractivity contribution >= 4 is 45.4 Å². The standard InChI is InChI=1S/C28H30N4/c1-5-17-13-25-26-14-18(6-2)23(30-26)11-12-24-20(8-4)16-28(32-24)27-15-19(7-3)22(31-27)10-9-21(17)29-25/h9-16,29,32H,5-8H2,1-4H3. The topological polar surface area (TPSA) is 57.4 Å². The van der Waals surface area contributed by atoms with Crippen LogP contribution in [0.5, 0.6) is 0 Å². The van der Waals surface area contributed by atoms with Crippen molar-refractivity contribution in [3.05, 3.63) is 70.3 Å². The number of hydrogen-bond donors (Lipinski definition) is 2. The van der Waals surface area contributed by atoms with Crippen LogP contribution in [0.1, 0.15) is 74.4 Å². The van der Waals surface area contributed by atoms with Gasteiger partial charge < -0.3 is 9.97 Å². The molecule has 0 amide bonds. The quantitative estimate of drug-likeness (QED) is 0.462. The number of nitrogens with one attached hydrogen (secondary N) is 2. The highest BCUT2D eigenvalue weighted by Gasteiger charge is 2.13. The number of nitrogens with zero attached hydrogens (tertiary/aromatic N) is 2. The van der Waals surface area contributed by atoms with E-state index in [9.17, 15) is 0 Å². The van der Waals surface area contributed by atoms with Crippen molar-refractivity contribution in [3.63, 3.8) is 0 Å². The van der Waals surface area contributed by atoms with Gasteiger partial charge in [0.15, 0.2) is 0 Å². The predicted molar refractivity (Wildman–Crippen MR) is 136 cm³/mol. The summed E-state index contributed by atoms with van der Waals surface area (Å²) in [5, 5.41) is 0. The smallest absolute Gasteiger partial charge is 0.0875 e. The third-order valence-electron chi connectivity index (χ3n) is 6.52. The van der Waals surface area contributed by atoms with Gasteiger partial charge in [-0.05, 0) is 96.5 Å². The van der Waals surface area contributed by atoms with Gasteiger partial charge in [0.1, 0.15) is 0 Å². The van der Waals surface area contributed by atoms with Crippen molar-refractivity contribution in [2.45, 2.75) is 53.4 Å². The second-order valence-corrected chi connectivity index (χ2v) is 8.43. The van der Waals surface area contributed by atoms with Crippen molar-refractivity contribution in [2.24, 2.45) is 0 Å². The van der Waals surface area contributed by atoms with Crippen LogP contribution in [0.15, 0.2) is 36.4 Å².